The monoisotopic (exact) mass is 768 g/mol. The van der Waals surface area contributed by atoms with Crippen LogP contribution in [0.5, 0.6) is 11.5 Å². The van der Waals surface area contributed by atoms with Crippen LogP contribution in [0.4, 0.5) is 26.3 Å². The molecule has 52 heavy (non-hydrogen) atoms. The van der Waals surface area contributed by atoms with Gasteiger partial charge in [-0.3, -0.25) is 9.59 Å². The van der Waals surface area contributed by atoms with Crippen molar-refractivity contribution in [3.63, 3.8) is 0 Å². The van der Waals surface area contributed by atoms with Gasteiger partial charge >= 0.3 is 40.9 Å². The lowest BCUT2D eigenvalue weighted by atomic mass is 10.1. The molecule has 0 saturated carbocycles. The summed E-state index contributed by atoms with van der Waals surface area (Å²) >= 11 is 0.881. The topological polar surface area (TPSA) is 171 Å². The van der Waals surface area contributed by atoms with Crippen LogP contribution in [0.15, 0.2) is 41.2 Å². The maximum absolute atomic E-state index is 14.1. The van der Waals surface area contributed by atoms with Gasteiger partial charge in [0.15, 0.2) is 0 Å². The number of aromatic nitrogens is 1. The Morgan fingerprint density at radius 1 is 0.846 bits per heavy atom. The van der Waals surface area contributed by atoms with Gasteiger partial charge in [-0.2, -0.15) is 26.3 Å². The van der Waals surface area contributed by atoms with E-state index in [1.54, 1.807) is 24.8 Å². The maximum Gasteiger partial charge on any atom is 0.491 e. The minimum absolute atomic E-state index is 0.0203. The lowest BCUT2D eigenvalue weighted by Crippen LogP contribution is -2.60. The number of rotatable bonds is 19. The van der Waals surface area contributed by atoms with E-state index in [1.165, 1.54) is 30.3 Å². The number of fused-ring (bicyclic) bond motifs is 1. The number of esters is 2. The van der Waals surface area contributed by atoms with Gasteiger partial charge in [0.05, 0.1) is 11.3 Å². The number of ether oxygens (including phenoxy) is 3. The maximum atomic E-state index is 14.1. The van der Waals surface area contributed by atoms with Gasteiger partial charge in [0.25, 0.3) is 0 Å². The molecule has 3 aromatic rings. The summed E-state index contributed by atoms with van der Waals surface area (Å²) in [6.45, 7) is 2.02. The first-order valence-electron chi connectivity index (χ1n) is 15.9. The molecule has 0 radical (unpaired) electrons. The molecule has 0 fully saturated rings. The second kappa shape index (κ2) is 18.4. The number of amides is 1. The Kier molecular flexibility index (Phi) is 14.9. The molecule has 0 bridgehead atoms. The zero-order valence-corrected chi connectivity index (χ0v) is 28.9. The summed E-state index contributed by atoms with van der Waals surface area (Å²) in [5.74, 6) is -12.0. The van der Waals surface area contributed by atoms with E-state index in [0.29, 0.717) is 35.3 Å². The van der Waals surface area contributed by atoms with E-state index in [4.69, 9.17) is 4.74 Å². The molecule has 1 heterocycles. The summed E-state index contributed by atoms with van der Waals surface area (Å²) in [5.41, 5.74) is 1.45. The zero-order valence-electron chi connectivity index (χ0n) is 28.1. The number of nitrogens with zero attached hydrogens (tertiary/aromatic N) is 2. The fourth-order valence-corrected chi connectivity index (χ4v) is 5.79. The zero-order chi connectivity index (χ0) is 38.7. The molecule has 288 valence electrons. The Hall–Kier alpha value is -4.40. The second-order valence-electron chi connectivity index (χ2n) is 11.3. The third-order valence-corrected chi connectivity index (χ3v) is 8.66. The minimum atomic E-state index is -5.82. The molecule has 20 heteroatoms. The number of hydrogen-bond acceptors (Lipinski definition) is 12. The van der Waals surface area contributed by atoms with Crippen LogP contribution in [-0.4, -0.2) is 120 Å². The molecule has 3 rings (SSSR count). The van der Waals surface area contributed by atoms with Gasteiger partial charge in [-0.25, -0.2) is 9.59 Å². The Morgan fingerprint density at radius 3 is 2.04 bits per heavy atom. The number of thiazole rings is 1. The second-order valence-corrected chi connectivity index (χ2v) is 12.3. The summed E-state index contributed by atoms with van der Waals surface area (Å²) in [6.07, 6.45) is -11.3. The standard InChI is InChI=1S/C32H38F6N4O9S/c1-3-41(4-2)16-17-42(15-14-39-13-11-21-7-10-23(44)24-25(21)52-29(48)40-24)26(45)30(50-27(46)31(33,34)35,51-28(47)32(36,37)38)19-49-18-12-20-5-8-22(43)9-6-20/h5-10,39,43-44H,3-4,11-19H2,1-2H3,(H,40,48). The molecule has 13 nitrogen and oxygen atoms in total. The van der Waals surface area contributed by atoms with Gasteiger partial charge in [-0.05, 0) is 61.8 Å². The molecule has 2 aromatic carbocycles. The average molecular weight is 769 g/mol. The van der Waals surface area contributed by atoms with Gasteiger partial charge in [0, 0.05) is 26.2 Å². The summed E-state index contributed by atoms with van der Waals surface area (Å²) in [4.78, 5) is 54.9. The Balaban J connectivity index is 1.89. The molecule has 0 saturated heterocycles. The number of halogens is 6. The molecule has 0 spiro atoms. The van der Waals surface area contributed by atoms with Crippen molar-refractivity contribution < 1.29 is 65.1 Å². The quantitative estimate of drug-likeness (QED) is 0.0610. The summed E-state index contributed by atoms with van der Waals surface area (Å²) < 4.78 is 95.3. The molecule has 1 aromatic heterocycles. The highest BCUT2D eigenvalue weighted by Gasteiger charge is 2.58. The number of aromatic amines is 1. The third kappa shape index (κ3) is 11.8. The molecule has 4 N–H and O–H groups in total. The van der Waals surface area contributed by atoms with Crippen LogP contribution < -0.4 is 10.2 Å². The molecule has 0 atom stereocenters. The molecule has 0 aliphatic rings. The summed E-state index contributed by atoms with van der Waals surface area (Å²) in [6, 6.07) is 8.53. The van der Waals surface area contributed by atoms with Crippen molar-refractivity contribution in [2.75, 3.05) is 59.0 Å². The molecule has 0 unspecified atom stereocenters. The van der Waals surface area contributed by atoms with E-state index in [0.717, 1.165) is 16.2 Å². The predicted octanol–water partition coefficient (Wildman–Crippen LogP) is 3.47. The van der Waals surface area contributed by atoms with Crippen LogP contribution in [0, 0.1) is 0 Å². The number of nitrogens with one attached hydrogen (secondary N) is 2. The predicted molar refractivity (Wildman–Crippen MR) is 175 cm³/mol. The van der Waals surface area contributed by atoms with Crippen molar-refractivity contribution in [1.29, 1.82) is 0 Å². The van der Waals surface area contributed by atoms with Gasteiger partial charge in [0.1, 0.15) is 23.6 Å². The molecule has 0 aliphatic heterocycles. The Bertz CT molecular complexity index is 1680. The number of aromatic hydroxyl groups is 2. The number of H-pyrrole nitrogens is 1. The molecule has 0 aliphatic carbocycles. The normalized spacial score (nSPS) is 12.3. The highest BCUT2D eigenvalue weighted by atomic mass is 32.1. The van der Waals surface area contributed by atoms with Crippen LogP contribution in [0.1, 0.15) is 25.0 Å². The van der Waals surface area contributed by atoms with Crippen molar-refractivity contribution in [2.24, 2.45) is 0 Å². The lowest BCUT2D eigenvalue weighted by molar-refractivity contribution is -0.278. The molecule has 1 amide bonds. The smallest absolute Gasteiger partial charge is 0.491 e. The molecular formula is C32H38F6N4O9S. The third-order valence-electron chi connectivity index (χ3n) is 7.70. The summed E-state index contributed by atoms with van der Waals surface area (Å²) in [7, 11) is 0. The average Bonchev–Trinajstić information content (AvgIpc) is 3.48. The Morgan fingerprint density at radius 2 is 1.46 bits per heavy atom. The number of benzene rings is 2. The van der Waals surface area contributed by atoms with Crippen molar-refractivity contribution >= 4 is 39.4 Å². The van der Waals surface area contributed by atoms with E-state index in [9.17, 15) is 55.7 Å². The number of hydrogen-bond donors (Lipinski definition) is 4. The van der Waals surface area contributed by atoms with E-state index >= 15 is 0 Å². The van der Waals surface area contributed by atoms with Crippen LogP contribution >= 0.6 is 11.3 Å². The van der Waals surface area contributed by atoms with Gasteiger partial charge < -0.3 is 44.5 Å². The van der Waals surface area contributed by atoms with Crippen LogP contribution in [0.25, 0.3) is 10.2 Å². The number of alkyl halides is 6. The lowest BCUT2D eigenvalue weighted by Gasteiger charge is -2.36. The number of carbonyl (C=O) groups excluding carboxylic acids is 3. The first-order valence-corrected chi connectivity index (χ1v) is 16.7. The highest BCUT2D eigenvalue weighted by Crippen LogP contribution is 2.30. The number of phenolic OH excluding ortho intramolecular Hbond substituents is 2. The number of likely N-dealkylation sites (N-methyl/N-ethyl adjacent to an activating group) is 1. The van der Waals surface area contributed by atoms with Gasteiger partial charge in [-0.15, -0.1) is 0 Å². The minimum Gasteiger partial charge on any atom is -0.508 e. The first kappa shape index (κ1) is 42.0. The van der Waals surface area contributed by atoms with Crippen LogP contribution in [0.3, 0.4) is 0 Å². The van der Waals surface area contributed by atoms with Crippen molar-refractivity contribution in [3.05, 3.63) is 57.2 Å². The van der Waals surface area contributed by atoms with Crippen molar-refractivity contribution in [3.8, 4) is 11.5 Å². The number of carbonyl (C=O) groups is 3. The van der Waals surface area contributed by atoms with E-state index < -0.39 is 54.1 Å². The van der Waals surface area contributed by atoms with E-state index in [-0.39, 0.29) is 56.2 Å². The van der Waals surface area contributed by atoms with E-state index in [2.05, 4.69) is 19.8 Å². The van der Waals surface area contributed by atoms with Gasteiger partial charge in [0.2, 0.25) is 0 Å². The van der Waals surface area contributed by atoms with Crippen LogP contribution in [0.2, 0.25) is 0 Å². The Labute approximate surface area is 297 Å². The number of phenols is 2. The van der Waals surface area contributed by atoms with Crippen LogP contribution in [-0.2, 0) is 41.4 Å². The van der Waals surface area contributed by atoms with Gasteiger partial charge in [-0.1, -0.05) is 43.4 Å². The molecular weight excluding hydrogens is 730 g/mol. The fraction of sp³-hybridized carbons (Fsp3) is 0.500. The van der Waals surface area contributed by atoms with E-state index in [1.807, 2.05) is 0 Å². The first-order chi connectivity index (χ1) is 24.4. The highest BCUT2D eigenvalue weighted by molar-refractivity contribution is 7.16. The van der Waals surface area contributed by atoms with Crippen molar-refractivity contribution in [1.82, 2.24) is 20.1 Å². The summed E-state index contributed by atoms with van der Waals surface area (Å²) in [5, 5.41) is 22.5. The fourth-order valence-electron chi connectivity index (χ4n) is 4.89. The van der Waals surface area contributed by atoms with Crippen molar-refractivity contribution in [2.45, 2.75) is 44.8 Å². The SMILES string of the molecule is CCN(CC)CCN(CCNCCc1ccc(O)c2[nH]c(=O)sc12)C(=O)C(COCCc1ccc(O)cc1)(OC(=O)C(F)(F)F)OC(=O)C(F)(F)F. The largest absolute Gasteiger partial charge is 0.508 e.